The van der Waals surface area contributed by atoms with Gasteiger partial charge < -0.3 is 15.0 Å². The highest BCUT2D eigenvalue weighted by atomic mass is 32.2. The van der Waals surface area contributed by atoms with Gasteiger partial charge in [-0.3, -0.25) is 9.59 Å². The summed E-state index contributed by atoms with van der Waals surface area (Å²) < 4.78 is 4.86. The average Bonchev–Trinajstić information content (AvgIpc) is 3.34. The summed E-state index contributed by atoms with van der Waals surface area (Å²) in [6.07, 6.45) is 2.52. The van der Waals surface area contributed by atoms with Gasteiger partial charge in [0.05, 0.1) is 13.7 Å². The average molecular weight is 453 g/mol. The van der Waals surface area contributed by atoms with Crippen molar-refractivity contribution in [1.29, 1.82) is 0 Å². The molecule has 7 heteroatoms. The summed E-state index contributed by atoms with van der Waals surface area (Å²) in [5.74, 6) is -1.00. The smallest absolute Gasteiger partial charge is 0.328 e. The first kappa shape index (κ1) is 22.4. The summed E-state index contributed by atoms with van der Waals surface area (Å²) in [6.45, 7) is 4.68. The molecule has 4 rings (SSSR count). The van der Waals surface area contributed by atoms with Gasteiger partial charge in [0.2, 0.25) is 5.91 Å². The van der Waals surface area contributed by atoms with E-state index in [9.17, 15) is 14.4 Å². The minimum absolute atomic E-state index is 0.122. The van der Waals surface area contributed by atoms with E-state index in [0.717, 1.165) is 11.1 Å². The number of rotatable bonds is 5. The Balaban J connectivity index is 1.48. The van der Waals surface area contributed by atoms with Crippen LogP contribution in [0.4, 0.5) is 0 Å². The van der Waals surface area contributed by atoms with Gasteiger partial charge in [-0.15, -0.1) is 0 Å². The van der Waals surface area contributed by atoms with Crippen LogP contribution in [-0.2, 0) is 19.7 Å². The van der Waals surface area contributed by atoms with E-state index in [1.54, 1.807) is 11.8 Å². The van der Waals surface area contributed by atoms with Crippen molar-refractivity contribution in [3.8, 4) is 11.1 Å². The molecular weight excluding hydrogens is 424 g/mol. The third kappa shape index (κ3) is 3.79. The molecule has 2 aromatic carbocycles. The van der Waals surface area contributed by atoms with Crippen molar-refractivity contribution in [3.63, 3.8) is 0 Å². The van der Waals surface area contributed by atoms with Crippen LogP contribution in [0.25, 0.3) is 11.1 Å². The van der Waals surface area contributed by atoms with Crippen molar-refractivity contribution in [2.24, 2.45) is 0 Å². The van der Waals surface area contributed by atoms with E-state index >= 15 is 0 Å². The van der Waals surface area contributed by atoms with Crippen LogP contribution in [0, 0.1) is 0 Å². The molecule has 1 saturated heterocycles. The molecule has 0 bridgehead atoms. The maximum absolute atomic E-state index is 12.9. The van der Waals surface area contributed by atoms with E-state index in [2.05, 4.69) is 31.3 Å². The summed E-state index contributed by atoms with van der Waals surface area (Å²) in [5, 5.41) is 2.91. The van der Waals surface area contributed by atoms with Crippen molar-refractivity contribution in [2.75, 3.05) is 26.5 Å². The summed E-state index contributed by atoms with van der Waals surface area (Å²) >= 11 is 1.62. The normalized spacial score (nSPS) is 20.4. The van der Waals surface area contributed by atoms with Crippen molar-refractivity contribution in [3.05, 3.63) is 59.2 Å². The molecule has 1 aliphatic carbocycles. The number of benzene rings is 2. The predicted molar refractivity (Wildman–Crippen MR) is 126 cm³/mol. The molecule has 2 amide bonds. The standard InChI is InChI=1S/C25H28N2O4S/c1-25(2)19-8-6-5-7-17(19)18-11-15(9-10-20(18)25)23(29)26-13-22(28)27-14-16(32-4)12-21(27)24(30)31-3/h5-11,16,21H,12-14H2,1-4H3,(H,26,29)/t16-,21+/m1/s1. The number of nitrogens with zero attached hydrogens (tertiary/aromatic N) is 1. The quantitative estimate of drug-likeness (QED) is 0.705. The largest absolute Gasteiger partial charge is 0.467 e. The molecule has 6 nitrogen and oxygen atoms in total. The minimum Gasteiger partial charge on any atom is -0.467 e. The highest BCUT2D eigenvalue weighted by molar-refractivity contribution is 7.99. The Morgan fingerprint density at radius 2 is 1.84 bits per heavy atom. The van der Waals surface area contributed by atoms with Crippen LogP contribution in [0.2, 0.25) is 0 Å². The predicted octanol–water partition coefficient (Wildman–Crippen LogP) is 3.23. The van der Waals surface area contributed by atoms with Crippen molar-refractivity contribution < 1.29 is 19.1 Å². The molecule has 168 valence electrons. The second-order valence-electron chi connectivity index (χ2n) is 8.79. The molecule has 2 atom stereocenters. The summed E-state index contributed by atoms with van der Waals surface area (Å²) in [5.41, 5.74) is 5.01. The van der Waals surface area contributed by atoms with Gasteiger partial charge in [-0.1, -0.05) is 44.2 Å². The molecule has 2 aromatic rings. The number of esters is 1. The fourth-order valence-corrected chi connectivity index (χ4v) is 5.51. The first-order chi connectivity index (χ1) is 15.3. The molecule has 0 spiro atoms. The number of carbonyl (C=O) groups excluding carboxylic acids is 3. The summed E-state index contributed by atoms with van der Waals surface area (Å²) in [7, 11) is 1.33. The van der Waals surface area contributed by atoms with Crippen LogP contribution < -0.4 is 5.32 Å². The van der Waals surface area contributed by atoms with E-state index in [0.29, 0.717) is 18.5 Å². The van der Waals surface area contributed by atoms with Crippen molar-refractivity contribution in [2.45, 2.75) is 37.0 Å². The van der Waals surface area contributed by atoms with Crippen LogP contribution in [0.15, 0.2) is 42.5 Å². The van der Waals surface area contributed by atoms with Gasteiger partial charge >= 0.3 is 5.97 Å². The molecular formula is C25H28N2O4S. The summed E-state index contributed by atoms with van der Waals surface area (Å²) in [4.78, 5) is 39.3. The molecule has 1 N–H and O–H groups in total. The van der Waals surface area contributed by atoms with Gasteiger partial charge in [0.25, 0.3) is 5.91 Å². The number of nitrogens with one attached hydrogen (secondary N) is 1. The Morgan fingerprint density at radius 1 is 1.12 bits per heavy atom. The van der Waals surface area contributed by atoms with Gasteiger partial charge in [0.15, 0.2) is 0 Å². The van der Waals surface area contributed by atoms with E-state index < -0.39 is 12.0 Å². The second-order valence-corrected chi connectivity index (χ2v) is 9.93. The number of likely N-dealkylation sites (tertiary alicyclic amines) is 1. The Bertz CT molecular complexity index is 1080. The van der Waals surface area contributed by atoms with Crippen molar-refractivity contribution >= 4 is 29.5 Å². The molecule has 32 heavy (non-hydrogen) atoms. The van der Waals surface area contributed by atoms with Crippen LogP contribution >= 0.6 is 11.8 Å². The highest BCUT2D eigenvalue weighted by Gasteiger charge is 2.40. The molecule has 1 aliphatic heterocycles. The Kier molecular flexibility index (Phi) is 6.03. The van der Waals surface area contributed by atoms with Crippen LogP contribution in [0.3, 0.4) is 0 Å². The van der Waals surface area contributed by atoms with Crippen LogP contribution in [-0.4, -0.2) is 60.4 Å². The van der Waals surface area contributed by atoms with Gasteiger partial charge in [-0.05, 0) is 47.1 Å². The zero-order chi connectivity index (χ0) is 23.0. The Morgan fingerprint density at radius 3 is 2.56 bits per heavy atom. The van der Waals surface area contributed by atoms with E-state index in [4.69, 9.17) is 4.74 Å². The fraction of sp³-hybridized carbons (Fsp3) is 0.400. The topological polar surface area (TPSA) is 75.7 Å². The van der Waals surface area contributed by atoms with Gasteiger partial charge in [-0.2, -0.15) is 11.8 Å². The maximum atomic E-state index is 12.9. The lowest BCUT2D eigenvalue weighted by atomic mass is 9.82. The van der Waals surface area contributed by atoms with Crippen LogP contribution in [0.1, 0.15) is 41.8 Å². The van der Waals surface area contributed by atoms with Gasteiger partial charge in [-0.25, -0.2) is 4.79 Å². The fourth-order valence-electron chi connectivity index (χ4n) is 4.82. The van der Waals surface area contributed by atoms with Gasteiger partial charge in [0, 0.05) is 22.8 Å². The number of hydrogen-bond acceptors (Lipinski definition) is 5. The van der Waals surface area contributed by atoms with Gasteiger partial charge in [0.1, 0.15) is 6.04 Å². The highest BCUT2D eigenvalue weighted by Crippen LogP contribution is 2.48. The number of fused-ring (bicyclic) bond motifs is 3. The number of ether oxygens (including phenoxy) is 1. The number of thioether (sulfide) groups is 1. The number of carbonyl (C=O) groups is 3. The third-order valence-electron chi connectivity index (χ3n) is 6.64. The second kappa shape index (κ2) is 8.62. The monoisotopic (exact) mass is 452 g/mol. The number of amides is 2. The number of hydrogen-bond donors (Lipinski definition) is 1. The van der Waals surface area contributed by atoms with Crippen molar-refractivity contribution in [1.82, 2.24) is 10.2 Å². The van der Waals surface area contributed by atoms with Crippen LogP contribution in [0.5, 0.6) is 0 Å². The SMILES string of the molecule is COC(=O)[C@@H]1C[C@@H](SC)CN1C(=O)CNC(=O)c1ccc2c(c1)-c1ccccc1C2(C)C. The Labute approximate surface area is 192 Å². The van der Waals surface area contributed by atoms with E-state index in [-0.39, 0.29) is 29.0 Å². The van der Waals surface area contributed by atoms with E-state index in [1.807, 2.05) is 36.6 Å². The maximum Gasteiger partial charge on any atom is 0.328 e. The molecule has 0 saturated carbocycles. The lowest BCUT2D eigenvalue weighted by Gasteiger charge is -2.23. The zero-order valence-corrected chi connectivity index (χ0v) is 19.6. The first-order valence-electron chi connectivity index (χ1n) is 10.7. The zero-order valence-electron chi connectivity index (χ0n) is 18.8. The van der Waals surface area contributed by atoms with E-state index in [1.165, 1.54) is 23.1 Å². The number of methoxy groups -OCH3 is 1. The third-order valence-corrected chi connectivity index (χ3v) is 7.64. The molecule has 0 aromatic heterocycles. The Hall–Kier alpha value is -2.80. The lowest BCUT2D eigenvalue weighted by molar-refractivity contribution is -0.150. The molecule has 2 aliphatic rings. The molecule has 1 fully saturated rings. The minimum atomic E-state index is -0.597. The summed E-state index contributed by atoms with van der Waals surface area (Å²) in [6, 6.07) is 13.4. The lowest BCUT2D eigenvalue weighted by Crippen LogP contribution is -2.46. The molecule has 0 unspecified atom stereocenters. The first-order valence-corrected chi connectivity index (χ1v) is 12.0. The molecule has 1 heterocycles. The molecule has 0 radical (unpaired) electrons.